The Morgan fingerprint density at radius 2 is 1.65 bits per heavy atom. The van der Waals surface area contributed by atoms with Gasteiger partial charge >= 0.3 is 0 Å². The number of nitrogens with zero attached hydrogens (tertiary/aromatic N) is 2. The van der Waals surface area contributed by atoms with Crippen LogP contribution in [0.25, 0.3) is 0 Å². The molecule has 0 spiro atoms. The van der Waals surface area contributed by atoms with Gasteiger partial charge in [-0.1, -0.05) is 49.4 Å². The van der Waals surface area contributed by atoms with Crippen molar-refractivity contribution in [2.75, 3.05) is 0 Å². The van der Waals surface area contributed by atoms with E-state index in [9.17, 15) is 0 Å². The van der Waals surface area contributed by atoms with Crippen LogP contribution in [0.3, 0.4) is 0 Å². The van der Waals surface area contributed by atoms with Gasteiger partial charge in [0.25, 0.3) is 0 Å². The molecule has 0 aliphatic heterocycles. The number of pyridine rings is 2. The summed E-state index contributed by atoms with van der Waals surface area (Å²) >= 11 is 0. The van der Waals surface area contributed by atoms with Gasteiger partial charge in [0, 0.05) is 29.7 Å². The predicted octanol–water partition coefficient (Wildman–Crippen LogP) is 4.61. The molecule has 3 rings (SSSR count). The van der Waals surface area contributed by atoms with E-state index in [1.807, 2.05) is 30.7 Å². The van der Waals surface area contributed by atoms with Crippen molar-refractivity contribution in [2.24, 2.45) is 0 Å². The Kier molecular flexibility index (Phi) is 4.82. The van der Waals surface area contributed by atoms with Crippen LogP contribution in [0.4, 0.5) is 0 Å². The van der Waals surface area contributed by atoms with Crippen LogP contribution >= 0.6 is 0 Å². The average Bonchev–Trinajstić information content (AvgIpc) is 2.63. The van der Waals surface area contributed by atoms with Crippen LogP contribution < -0.4 is 0 Å². The van der Waals surface area contributed by atoms with Crippen molar-refractivity contribution in [3.05, 3.63) is 96.1 Å². The molecule has 0 bridgehead atoms. The molecule has 0 fully saturated rings. The second-order valence-electron chi connectivity index (χ2n) is 6.04. The molecule has 0 radical (unpaired) electrons. The van der Waals surface area contributed by atoms with Gasteiger partial charge in [-0.2, -0.15) is 0 Å². The molecule has 0 saturated carbocycles. The summed E-state index contributed by atoms with van der Waals surface area (Å²) < 4.78 is 0. The van der Waals surface area contributed by atoms with Crippen LogP contribution in [0.1, 0.15) is 30.2 Å². The third-order valence-electron chi connectivity index (χ3n) is 4.57. The van der Waals surface area contributed by atoms with Crippen LogP contribution in [-0.4, -0.2) is 9.97 Å². The third kappa shape index (κ3) is 3.65. The number of hydrogen-bond acceptors (Lipinski definition) is 2. The zero-order chi connectivity index (χ0) is 16.0. The SMILES string of the molecule is CCC(Cc1cccnc1)(Cc1ccccn1)c1ccccc1. The Morgan fingerprint density at radius 3 is 2.30 bits per heavy atom. The Hall–Kier alpha value is -2.48. The minimum Gasteiger partial charge on any atom is -0.264 e. The van der Waals surface area contributed by atoms with E-state index in [1.54, 1.807) is 0 Å². The summed E-state index contributed by atoms with van der Waals surface area (Å²) in [7, 11) is 0. The summed E-state index contributed by atoms with van der Waals surface area (Å²) in [5.74, 6) is 0. The first-order valence-electron chi connectivity index (χ1n) is 8.17. The average molecular weight is 302 g/mol. The van der Waals surface area contributed by atoms with Crippen LogP contribution in [0.2, 0.25) is 0 Å². The summed E-state index contributed by atoms with van der Waals surface area (Å²) in [5, 5.41) is 0. The first-order valence-corrected chi connectivity index (χ1v) is 8.17. The van der Waals surface area contributed by atoms with Gasteiger partial charge in [-0.15, -0.1) is 0 Å². The van der Waals surface area contributed by atoms with E-state index in [0.717, 1.165) is 25.0 Å². The smallest absolute Gasteiger partial charge is 0.0412 e. The van der Waals surface area contributed by atoms with Crippen LogP contribution in [0.15, 0.2) is 79.3 Å². The predicted molar refractivity (Wildman–Crippen MR) is 94.3 cm³/mol. The Morgan fingerprint density at radius 1 is 0.826 bits per heavy atom. The number of hydrogen-bond donors (Lipinski definition) is 0. The van der Waals surface area contributed by atoms with Gasteiger partial charge in [0.1, 0.15) is 0 Å². The molecule has 2 nitrogen and oxygen atoms in total. The summed E-state index contributed by atoms with van der Waals surface area (Å²) in [5.41, 5.74) is 3.83. The quantitative estimate of drug-likeness (QED) is 0.664. The van der Waals surface area contributed by atoms with Crippen molar-refractivity contribution in [2.45, 2.75) is 31.6 Å². The van der Waals surface area contributed by atoms with Gasteiger partial charge in [0.05, 0.1) is 0 Å². The van der Waals surface area contributed by atoms with E-state index in [4.69, 9.17) is 0 Å². The third-order valence-corrected chi connectivity index (χ3v) is 4.57. The normalized spacial score (nSPS) is 13.4. The van der Waals surface area contributed by atoms with Crippen LogP contribution in [-0.2, 0) is 18.3 Å². The largest absolute Gasteiger partial charge is 0.264 e. The minimum absolute atomic E-state index is 0.0403. The molecule has 3 aromatic rings. The van der Waals surface area contributed by atoms with Gasteiger partial charge in [-0.3, -0.25) is 9.97 Å². The molecular formula is C21H22N2. The Bertz CT molecular complexity index is 667. The van der Waals surface area contributed by atoms with Crippen molar-refractivity contribution in [3.63, 3.8) is 0 Å². The summed E-state index contributed by atoms with van der Waals surface area (Å²) in [4.78, 5) is 8.85. The highest BCUT2D eigenvalue weighted by atomic mass is 14.7. The highest BCUT2D eigenvalue weighted by Gasteiger charge is 2.31. The van der Waals surface area contributed by atoms with E-state index in [0.29, 0.717) is 0 Å². The van der Waals surface area contributed by atoms with Crippen molar-refractivity contribution in [3.8, 4) is 0 Å². The standard InChI is InChI=1S/C21H22N2/c1-2-21(19-10-4-3-5-11-19,15-18-9-8-13-22-17-18)16-20-12-6-7-14-23-20/h3-14,17H,2,15-16H2,1H3. The van der Waals surface area contributed by atoms with E-state index < -0.39 is 0 Å². The fourth-order valence-electron chi connectivity index (χ4n) is 3.26. The molecule has 0 aliphatic carbocycles. The summed E-state index contributed by atoms with van der Waals surface area (Å²) in [6.07, 6.45) is 8.65. The molecule has 0 N–H and O–H groups in total. The lowest BCUT2D eigenvalue weighted by atomic mass is 9.70. The zero-order valence-electron chi connectivity index (χ0n) is 13.5. The maximum Gasteiger partial charge on any atom is 0.0412 e. The molecule has 2 heterocycles. The molecule has 0 aliphatic rings. The van der Waals surface area contributed by atoms with Crippen LogP contribution in [0, 0.1) is 0 Å². The number of benzene rings is 1. The van der Waals surface area contributed by atoms with Gasteiger partial charge < -0.3 is 0 Å². The van der Waals surface area contributed by atoms with E-state index in [2.05, 4.69) is 65.4 Å². The second-order valence-corrected chi connectivity index (χ2v) is 6.04. The summed E-state index contributed by atoms with van der Waals surface area (Å²) in [6.45, 7) is 2.27. The minimum atomic E-state index is 0.0403. The molecule has 1 atom stereocenters. The van der Waals surface area contributed by atoms with Gasteiger partial charge in [0.15, 0.2) is 0 Å². The highest BCUT2D eigenvalue weighted by Crippen LogP contribution is 2.35. The van der Waals surface area contributed by atoms with E-state index in [-0.39, 0.29) is 5.41 Å². The van der Waals surface area contributed by atoms with Gasteiger partial charge in [-0.05, 0) is 48.6 Å². The zero-order valence-corrected chi connectivity index (χ0v) is 13.5. The number of aromatic nitrogens is 2. The lowest BCUT2D eigenvalue weighted by Crippen LogP contribution is -2.31. The molecule has 2 aromatic heterocycles. The molecule has 0 amide bonds. The number of rotatable bonds is 6. The first kappa shape index (κ1) is 15.4. The fourth-order valence-corrected chi connectivity index (χ4v) is 3.26. The van der Waals surface area contributed by atoms with Crippen molar-refractivity contribution in [1.82, 2.24) is 9.97 Å². The monoisotopic (exact) mass is 302 g/mol. The molecule has 23 heavy (non-hydrogen) atoms. The molecule has 2 heteroatoms. The molecule has 1 aromatic carbocycles. The van der Waals surface area contributed by atoms with Gasteiger partial charge in [-0.25, -0.2) is 0 Å². The molecule has 116 valence electrons. The Balaban J connectivity index is 2.00. The van der Waals surface area contributed by atoms with Gasteiger partial charge in [0.2, 0.25) is 0 Å². The topological polar surface area (TPSA) is 25.8 Å². The Labute approximate surface area is 138 Å². The fraction of sp³-hybridized carbons (Fsp3) is 0.238. The molecular weight excluding hydrogens is 280 g/mol. The van der Waals surface area contributed by atoms with Crippen molar-refractivity contribution >= 4 is 0 Å². The van der Waals surface area contributed by atoms with Crippen molar-refractivity contribution in [1.29, 1.82) is 0 Å². The molecule has 0 saturated heterocycles. The van der Waals surface area contributed by atoms with Crippen LogP contribution in [0.5, 0.6) is 0 Å². The lowest BCUT2D eigenvalue weighted by Gasteiger charge is -2.33. The lowest BCUT2D eigenvalue weighted by molar-refractivity contribution is 0.399. The maximum atomic E-state index is 4.56. The second kappa shape index (κ2) is 7.19. The first-order chi connectivity index (χ1) is 11.3. The van der Waals surface area contributed by atoms with Crippen molar-refractivity contribution < 1.29 is 0 Å². The maximum absolute atomic E-state index is 4.56. The van der Waals surface area contributed by atoms with E-state index >= 15 is 0 Å². The summed E-state index contributed by atoms with van der Waals surface area (Å²) in [6, 6.07) is 21.2. The highest BCUT2D eigenvalue weighted by molar-refractivity contribution is 5.31. The molecule has 1 unspecified atom stereocenters. The van der Waals surface area contributed by atoms with E-state index in [1.165, 1.54) is 11.1 Å².